The molecule has 4 rings (SSSR count). The van der Waals surface area contributed by atoms with Crippen molar-refractivity contribution in [3.05, 3.63) is 105 Å². The van der Waals surface area contributed by atoms with Crippen LogP contribution >= 0.6 is 12.2 Å². The van der Waals surface area contributed by atoms with E-state index >= 15 is 0 Å². The lowest BCUT2D eigenvalue weighted by molar-refractivity contribution is 0.347. The second kappa shape index (κ2) is 9.40. The molecule has 1 atom stereocenters. The van der Waals surface area contributed by atoms with Crippen LogP contribution in [0.25, 0.3) is 10.9 Å². The molecule has 2 aromatic carbocycles. The van der Waals surface area contributed by atoms with Gasteiger partial charge in [-0.25, -0.2) is 0 Å². The summed E-state index contributed by atoms with van der Waals surface area (Å²) >= 11 is 5.77. The number of pyridine rings is 1. The summed E-state index contributed by atoms with van der Waals surface area (Å²) in [6, 6.07) is 20.0. The molecule has 6 heteroatoms. The number of aromatic nitrogens is 1. The van der Waals surface area contributed by atoms with Gasteiger partial charge >= 0.3 is 0 Å². The quantitative estimate of drug-likeness (QED) is 0.391. The first-order valence-corrected chi connectivity index (χ1v) is 11.1. The van der Waals surface area contributed by atoms with Gasteiger partial charge in [-0.2, -0.15) is 0 Å². The maximum absolute atomic E-state index is 12.9. The summed E-state index contributed by atoms with van der Waals surface area (Å²) in [7, 11) is 0. The molecule has 2 aromatic heterocycles. The molecular formula is C26H27N3O2S. The molecule has 0 fully saturated rings. The van der Waals surface area contributed by atoms with Crippen LogP contribution in [-0.4, -0.2) is 15.0 Å². The van der Waals surface area contributed by atoms with Crippen molar-refractivity contribution in [3.8, 4) is 0 Å². The molecule has 2 N–H and O–H groups in total. The maximum Gasteiger partial charge on any atom is 0.253 e. The molecule has 2 heterocycles. The smallest absolute Gasteiger partial charge is 0.253 e. The fraction of sp³-hybridized carbons (Fsp3) is 0.231. The lowest BCUT2D eigenvalue weighted by Gasteiger charge is -2.27. The first-order chi connectivity index (χ1) is 15.4. The van der Waals surface area contributed by atoms with Crippen LogP contribution in [0.1, 0.15) is 41.0 Å². The van der Waals surface area contributed by atoms with Gasteiger partial charge in [-0.05, 0) is 73.9 Å². The monoisotopic (exact) mass is 445 g/mol. The van der Waals surface area contributed by atoms with Gasteiger partial charge < -0.3 is 19.6 Å². The van der Waals surface area contributed by atoms with E-state index in [0.717, 1.165) is 33.4 Å². The second-order valence-electron chi connectivity index (χ2n) is 8.18. The Bertz CT molecular complexity index is 1280. The molecule has 0 spiro atoms. The van der Waals surface area contributed by atoms with Crippen LogP contribution in [0.2, 0.25) is 0 Å². The molecule has 164 valence electrons. The molecule has 0 saturated carbocycles. The van der Waals surface area contributed by atoms with Gasteiger partial charge in [0.15, 0.2) is 5.11 Å². The Kier molecular flexibility index (Phi) is 6.42. The summed E-state index contributed by atoms with van der Waals surface area (Å²) in [5.74, 6) is 0.783. The van der Waals surface area contributed by atoms with Crippen LogP contribution < -0.4 is 10.9 Å². The summed E-state index contributed by atoms with van der Waals surface area (Å²) in [6.07, 6.45) is 1.64. The van der Waals surface area contributed by atoms with Crippen LogP contribution in [0, 0.1) is 13.8 Å². The summed E-state index contributed by atoms with van der Waals surface area (Å²) in [6.45, 7) is 6.99. The van der Waals surface area contributed by atoms with Gasteiger partial charge in [0.2, 0.25) is 0 Å². The minimum absolute atomic E-state index is 0.0305. The molecule has 0 aliphatic heterocycles. The first-order valence-electron chi connectivity index (χ1n) is 10.7. The molecule has 4 aromatic rings. The number of rotatable bonds is 6. The zero-order valence-corrected chi connectivity index (χ0v) is 19.3. The number of hydrogen-bond donors (Lipinski definition) is 2. The molecule has 32 heavy (non-hydrogen) atoms. The molecule has 0 unspecified atom stereocenters. The minimum atomic E-state index is -0.106. The van der Waals surface area contributed by atoms with Crippen molar-refractivity contribution in [1.82, 2.24) is 15.2 Å². The fourth-order valence-electron chi connectivity index (χ4n) is 3.93. The summed E-state index contributed by atoms with van der Waals surface area (Å²) in [5, 5.41) is 5.02. The van der Waals surface area contributed by atoms with Crippen molar-refractivity contribution in [2.45, 2.75) is 39.9 Å². The highest BCUT2D eigenvalue weighted by molar-refractivity contribution is 7.80. The van der Waals surface area contributed by atoms with E-state index < -0.39 is 0 Å². The number of thiocarbonyl (C=S) groups is 1. The van der Waals surface area contributed by atoms with E-state index in [1.165, 1.54) is 0 Å². The number of nitrogens with one attached hydrogen (secondary N) is 2. The van der Waals surface area contributed by atoms with Gasteiger partial charge in [0.1, 0.15) is 5.76 Å². The Balaban J connectivity index is 1.63. The lowest BCUT2D eigenvalue weighted by Crippen LogP contribution is -2.41. The predicted molar refractivity (Wildman–Crippen MR) is 133 cm³/mol. The molecule has 0 amide bonds. The Morgan fingerprint density at radius 2 is 1.88 bits per heavy atom. The van der Waals surface area contributed by atoms with Gasteiger partial charge in [-0.3, -0.25) is 4.79 Å². The van der Waals surface area contributed by atoms with Crippen LogP contribution in [0.3, 0.4) is 0 Å². The molecule has 0 aliphatic rings. The molecule has 0 aliphatic carbocycles. The van der Waals surface area contributed by atoms with E-state index in [0.29, 0.717) is 23.8 Å². The molecule has 0 bridgehead atoms. The normalized spacial score (nSPS) is 12.0. The Labute approximate surface area is 193 Å². The van der Waals surface area contributed by atoms with Gasteiger partial charge in [0, 0.05) is 16.5 Å². The van der Waals surface area contributed by atoms with Crippen molar-refractivity contribution in [3.63, 3.8) is 0 Å². The van der Waals surface area contributed by atoms with Crippen LogP contribution in [0.5, 0.6) is 0 Å². The number of fused-ring (bicyclic) bond motifs is 1. The van der Waals surface area contributed by atoms with Crippen LogP contribution in [0.15, 0.2) is 76.1 Å². The van der Waals surface area contributed by atoms with Crippen molar-refractivity contribution in [2.75, 3.05) is 0 Å². The Hall–Kier alpha value is -3.38. The SMILES string of the molecule is Cc1cc(C)c2cc(CN(Cc3ccco3)C(=S)N[C@H](C)c3ccccc3)c(=O)[nH]c2c1. The molecular weight excluding hydrogens is 418 g/mol. The molecule has 0 radical (unpaired) electrons. The number of furan rings is 1. The number of hydrogen-bond acceptors (Lipinski definition) is 3. The van der Waals surface area contributed by atoms with Crippen molar-refractivity contribution in [2.24, 2.45) is 0 Å². The van der Waals surface area contributed by atoms with E-state index in [2.05, 4.69) is 42.3 Å². The molecule has 0 saturated heterocycles. The predicted octanol–water partition coefficient (Wildman–Crippen LogP) is 5.38. The van der Waals surface area contributed by atoms with E-state index in [1.54, 1.807) is 6.26 Å². The highest BCUT2D eigenvalue weighted by atomic mass is 32.1. The van der Waals surface area contributed by atoms with Gasteiger partial charge in [0.05, 0.1) is 25.4 Å². The average molecular weight is 446 g/mol. The third-order valence-electron chi connectivity index (χ3n) is 5.60. The van der Waals surface area contributed by atoms with Gasteiger partial charge in [-0.1, -0.05) is 36.4 Å². The maximum atomic E-state index is 12.9. The largest absolute Gasteiger partial charge is 0.467 e. The zero-order valence-electron chi connectivity index (χ0n) is 18.5. The van der Waals surface area contributed by atoms with Crippen LogP contribution in [-0.2, 0) is 13.1 Å². The summed E-state index contributed by atoms with van der Waals surface area (Å²) in [5.41, 5.74) is 4.81. The standard InChI is InChI=1S/C26H27N3O2S/c1-17-12-18(2)23-14-21(25(30)28-24(23)13-17)15-29(16-22-10-7-11-31-22)26(32)27-19(3)20-8-5-4-6-9-20/h4-14,19H,15-16H2,1-3H3,(H,27,32)(H,28,30)/t19-/m1/s1. The van der Waals surface area contributed by atoms with E-state index in [-0.39, 0.29) is 11.6 Å². The summed E-state index contributed by atoms with van der Waals surface area (Å²) < 4.78 is 5.56. The van der Waals surface area contributed by atoms with Gasteiger partial charge in [-0.15, -0.1) is 0 Å². The minimum Gasteiger partial charge on any atom is -0.467 e. The highest BCUT2D eigenvalue weighted by Crippen LogP contribution is 2.20. The number of aromatic amines is 1. The van der Waals surface area contributed by atoms with E-state index in [9.17, 15) is 4.79 Å². The number of nitrogens with zero attached hydrogens (tertiary/aromatic N) is 1. The van der Waals surface area contributed by atoms with E-state index in [1.807, 2.05) is 54.3 Å². The third-order valence-corrected chi connectivity index (χ3v) is 5.98. The van der Waals surface area contributed by atoms with Crippen molar-refractivity contribution < 1.29 is 4.42 Å². The zero-order chi connectivity index (χ0) is 22.7. The van der Waals surface area contributed by atoms with Crippen molar-refractivity contribution >= 4 is 28.2 Å². The number of H-pyrrole nitrogens is 1. The van der Waals surface area contributed by atoms with Gasteiger partial charge in [0.25, 0.3) is 5.56 Å². The first kappa shape index (κ1) is 21.8. The number of aryl methyl sites for hydroxylation is 2. The average Bonchev–Trinajstić information content (AvgIpc) is 3.27. The topological polar surface area (TPSA) is 61.3 Å². The lowest BCUT2D eigenvalue weighted by atomic mass is 10.0. The Morgan fingerprint density at radius 3 is 2.59 bits per heavy atom. The summed E-state index contributed by atoms with van der Waals surface area (Å²) in [4.78, 5) is 17.9. The Morgan fingerprint density at radius 1 is 1.09 bits per heavy atom. The second-order valence-corrected chi connectivity index (χ2v) is 8.57. The van der Waals surface area contributed by atoms with Crippen LogP contribution in [0.4, 0.5) is 0 Å². The molecule has 5 nitrogen and oxygen atoms in total. The number of benzene rings is 2. The fourth-order valence-corrected chi connectivity index (χ4v) is 4.24. The van der Waals surface area contributed by atoms with E-state index in [4.69, 9.17) is 16.6 Å². The highest BCUT2D eigenvalue weighted by Gasteiger charge is 2.18. The van der Waals surface area contributed by atoms with Crippen molar-refractivity contribution in [1.29, 1.82) is 0 Å². The third kappa shape index (κ3) is 4.92.